The third-order valence-electron chi connectivity index (χ3n) is 5.67. The molecule has 0 spiro atoms. The normalized spacial score (nSPS) is 21.5. The summed E-state index contributed by atoms with van der Waals surface area (Å²) in [6, 6.07) is 9.55. The van der Waals surface area contributed by atoms with Crippen LogP contribution in [0.15, 0.2) is 24.3 Å². The van der Waals surface area contributed by atoms with Gasteiger partial charge in [-0.25, -0.2) is 0 Å². The quantitative estimate of drug-likeness (QED) is 0.679. The van der Waals surface area contributed by atoms with Gasteiger partial charge in [0.1, 0.15) is 0 Å². The van der Waals surface area contributed by atoms with Gasteiger partial charge >= 0.3 is 0 Å². The van der Waals surface area contributed by atoms with Gasteiger partial charge in [0.2, 0.25) is 5.91 Å². The van der Waals surface area contributed by atoms with E-state index in [1.165, 1.54) is 11.1 Å². The van der Waals surface area contributed by atoms with Gasteiger partial charge in [-0.3, -0.25) is 9.69 Å². The Morgan fingerprint density at radius 3 is 2.22 bits per heavy atom. The van der Waals surface area contributed by atoms with E-state index in [2.05, 4.69) is 68.7 Å². The van der Waals surface area contributed by atoms with Gasteiger partial charge in [0.05, 0.1) is 0 Å². The summed E-state index contributed by atoms with van der Waals surface area (Å²) in [5, 5.41) is 0. The minimum Gasteiger partial charge on any atom is -0.385 e. The van der Waals surface area contributed by atoms with Crippen molar-refractivity contribution in [1.29, 1.82) is 0 Å². The molecule has 1 saturated heterocycles. The van der Waals surface area contributed by atoms with E-state index in [0.717, 1.165) is 39.1 Å². The fraction of sp³-hybridized carbons (Fsp3) is 0.696. The maximum atomic E-state index is 12.7. The number of benzene rings is 1. The fourth-order valence-electron chi connectivity index (χ4n) is 3.97. The number of carbonyl (C=O) groups is 1. The number of carbonyl (C=O) groups excluding carboxylic acids is 1. The molecule has 0 aromatic heterocycles. The smallest absolute Gasteiger partial charge is 0.223 e. The molecule has 0 saturated carbocycles. The number of ether oxygens (including phenoxy) is 1. The molecule has 0 N–H and O–H groups in total. The van der Waals surface area contributed by atoms with Crippen LogP contribution in [0, 0.1) is 0 Å². The van der Waals surface area contributed by atoms with E-state index < -0.39 is 0 Å². The first-order chi connectivity index (χ1) is 12.7. The zero-order valence-electron chi connectivity index (χ0n) is 18.1. The van der Waals surface area contributed by atoms with E-state index in [0.29, 0.717) is 18.5 Å². The molecule has 4 nitrogen and oxygen atoms in total. The second-order valence-electron chi connectivity index (χ2n) is 9.03. The Morgan fingerprint density at radius 1 is 1.11 bits per heavy atom. The van der Waals surface area contributed by atoms with Gasteiger partial charge in [-0.2, -0.15) is 0 Å². The van der Waals surface area contributed by atoms with E-state index in [4.69, 9.17) is 4.74 Å². The number of hydrogen-bond acceptors (Lipinski definition) is 3. The van der Waals surface area contributed by atoms with Gasteiger partial charge in [-0.1, -0.05) is 45.0 Å². The molecule has 4 heteroatoms. The van der Waals surface area contributed by atoms with Crippen molar-refractivity contribution in [3.8, 4) is 0 Å². The summed E-state index contributed by atoms with van der Waals surface area (Å²) in [5.74, 6) is 0.283. The van der Waals surface area contributed by atoms with Crippen LogP contribution in [0.5, 0.6) is 0 Å². The predicted molar refractivity (Wildman–Crippen MR) is 112 cm³/mol. The number of piperazine rings is 1. The van der Waals surface area contributed by atoms with Crippen LogP contribution in [0.1, 0.15) is 58.6 Å². The molecular weight excluding hydrogens is 336 g/mol. The van der Waals surface area contributed by atoms with Crippen molar-refractivity contribution in [1.82, 2.24) is 9.80 Å². The summed E-state index contributed by atoms with van der Waals surface area (Å²) in [6.45, 7) is 14.6. The molecule has 1 fully saturated rings. The van der Waals surface area contributed by atoms with E-state index in [1.54, 1.807) is 7.11 Å². The van der Waals surface area contributed by atoms with Crippen molar-refractivity contribution in [2.24, 2.45) is 0 Å². The molecule has 1 heterocycles. The molecule has 1 amide bonds. The zero-order chi connectivity index (χ0) is 20.0. The predicted octanol–water partition coefficient (Wildman–Crippen LogP) is 3.87. The Labute approximate surface area is 165 Å². The van der Waals surface area contributed by atoms with Gasteiger partial charge < -0.3 is 9.64 Å². The molecule has 0 radical (unpaired) electrons. The summed E-state index contributed by atoms with van der Waals surface area (Å²) in [7, 11) is 1.75. The summed E-state index contributed by atoms with van der Waals surface area (Å²) in [6.07, 6.45) is 2.46. The fourth-order valence-corrected chi connectivity index (χ4v) is 3.97. The first kappa shape index (κ1) is 21.9. The third kappa shape index (κ3) is 6.32. The Bertz CT molecular complexity index is 579. The molecule has 1 aliphatic rings. The molecule has 0 bridgehead atoms. The van der Waals surface area contributed by atoms with E-state index in [1.807, 2.05) is 0 Å². The number of rotatable bonds is 7. The number of aryl methyl sites for hydroxylation is 1. The number of hydrogen-bond donors (Lipinski definition) is 0. The Balaban J connectivity index is 1.84. The van der Waals surface area contributed by atoms with E-state index >= 15 is 0 Å². The van der Waals surface area contributed by atoms with Crippen molar-refractivity contribution in [3.05, 3.63) is 35.4 Å². The first-order valence-corrected chi connectivity index (χ1v) is 10.3. The van der Waals surface area contributed by atoms with Crippen molar-refractivity contribution < 1.29 is 9.53 Å². The lowest BCUT2D eigenvalue weighted by molar-refractivity contribution is -0.135. The number of amides is 1. The van der Waals surface area contributed by atoms with Crippen LogP contribution in [0.25, 0.3) is 0 Å². The van der Waals surface area contributed by atoms with Crippen LogP contribution < -0.4 is 0 Å². The maximum absolute atomic E-state index is 12.7. The van der Waals surface area contributed by atoms with Crippen LogP contribution in [0.2, 0.25) is 0 Å². The highest BCUT2D eigenvalue weighted by atomic mass is 16.5. The van der Waals surface area contributed by atoms with Gasteiger partial charge in [0.25, 0.3) is 0 Å². The van der Waals surface area contributed by atoms with Gasteiger partial charge in [-0.15, -0.1) is 0 Å². The van der Waals surface area contributed by atoms with Gasteiger partial charge in [-0.05, 0) is 43.2 Å². The maximum Gasteiger partial charge on any atom is 0.223 e. The summed E-state index contributed by atoms with van der Waals surface area (Å²) in [4.78, 5) is 17.3. The summed E-state index contributed by atoms with van der Waals surface area (Å²) >= 11 is 0. The average molecular weight is 375 g/mol. The lowest BCUT2D eigenvalue weighted by Crippen LogP contribution is -2.58. The minimum atomic E-state index is 0.170. The SMILES string of the molecule is COCCCN1C(C)CN(C(=O)CCc2ccc(C(C)(C)C)cc2)CC1C. The zero-order valence-corrected chi connectivity index (χ0v) is 18.1. The Kier molecular flexibility index (Phi) is 7.87. The van der Waals surface area contributed by atoms with Crippen molar-refractivity contribution in [3.63, 3.8) is 0 Å². The highest BCUT2D eigenvalue weighted by Crippen LogP contribution is 2.23. The molecule has 152 valence electrons. The highest BCUT2D eigenvalue weighted by molar-refractivity contribution is 5.76. The topological polar surface area (TPSA) is 32.8 Å². The van der Waals surface area contributed by atoms with E-state index in [-0.39, 0.29) is 11.3 Å². The molecule has 2 atom stereocenters. The second kappa shape index (κ2) is 9.70. The van der Waals surface area contributed by atoms with Gasteiger partial charge in [0, 0.05) is 51.9 Å². The lowest BCUT2D eigenvalue weighted by atomic mass is 9.86. The van der Waals surface area contributed by atoms with Crippen LogP contribution in [0.3, 0.4) is 0 Å². The molecular formula is C23H38N2O2. The molecule has 2 unspecified atom stereocenters. The monoisotopic (exact) mass is 374 g/mol. The van der Waals surface area contributed by atoms with Crippen LogP contribution in [0.4, 0.5) is 0 Å². The first-order valence-electron chi connectivity index (χ1n) is 10.3. The highest BCUT2D eigenvalue weighted by Gasteiger charge is 2.31. The van der Waals surface area contributed by atoms with E-state index in [9.17, 15) is 4.79 Å². The van der Waals surface area contributed by atoms with Crippen molar-refractivity contribution in [2.45, 2.75) is 71.4 Å². The van der Waals surface area contributed by atoms with Gasteiger partial charge in [0.15, 0.2) is 0 Å². The van der Waals surface area contributed by atoms with Crippen LogP contribution in [-0.2, 0) is 21.4 Å². The molecule has 1 aliphatic heterocycles. The minimum absolute atomic E-state index is 0.170. The Morgan fingerprint density at radius 2 is 1.70 bits per heavy atom. The Hall–Kier alpha value is -1.39. The molecule has 27 heavy (non-hydrogen) atoms. The molecule has 1 aromatic carbocycles. The molecule has 0 aliphatic carbocycles. The van der Waals surface area contributed by atoms with Crippen LogP contribution in [-0.4, -0.2) is 61.1 Å². The second-order valence-corrected chi connectivity index (χ2v) is 9.03. The number of nitrogens with zero attached hydrogens (tertiary/aromatic N) is 2. The van der Waals surface area contributed by atoms with Crippen molar-refractivity contribution in [2.75, 3.05) is 33.4 Å². The lowest BCUT2D eigenvalue weighted by Gasteiger charge is -2.44. The van der Waals surface area contributed by atoms with Crippen molar-refractivity contribution >= 4 is 5.91 Å². The van der Waals surface area contributed by atoms with Crippen LogP contribution >= 0.6 is 0 Å². The third-order valence-corrected chi connectivity index (χ3v) is 5.67. The standard InChI is InChI=1S/C23H38N2O2/c1-18-16-24(17-19(2)25(18)14-7-15-27-6)22(26)13-10-20-8-11-21(12-9-20)23(3,4)5/h8-9,11-12,18-19H,7,10,13-17H2,1-6H3. The molecule has 2 rings (SSSR count). The largest absolute Gasteiger partial charge is 0.385 e. The summed E-state index contributed by atoms with van der Waals surface area (Å²) in [5.41, 5.74) is 2.75. The molecule has 1 aromatic rings. The number of methoxy groups -OCH3 is 1. The average Bonchev–Trinajstić information content (AvgIpc) is 2.61. The summed E-state index contributed by atoms with van der Waals surface area (Å²) < 4.78 is 5.17.